The molecule has 9 heteroatoms. The molecule has 5 nitrogen and oxygen atoms in total. The number of rotatable bonds is 5. The summed E-state index contributed by atoms with van der Waals surface area (Å²) in [6.45, 7) is 2.52. The first kappa shape index (κ1) is 20.9. The van der Waals surface area contributed by atoms with E-state index in [9.17, 15) is 8.78 Å². The molecule has 1 aromatic carbocycles. The summed E-state index contributed by atoms with van der Waals surface area (Å²) in [5, 5.41) is 3.40. The number of benzene rings is 1. The van der Waals surface area contributed by atoms with Gasteiger partial charge in [0, 0.05) is 30.7 Å². The van der Waals surface area contributed by atoms with E-state index in [-0.39, 0.29) is 12.8 Å². The molecule has 2 aliphatic rings. The monoisotopic (exact) mass is 445 g/mol. The molecule has 0 radical (unpaired) electrons. The number of nitrogens with one attached hydrogen (secondary N) is 1. The number of nitrogens with zero attached hydrogens (tertiary/aromatic N) is 4. The lowest BCUT2D eigenvalue weighted by Crippen LogP contribution is -2.40. The first-order valence-corrected chi connectivity index (χ1v) is 10.8. The van der Waals surface area contributed by atoms with Gasteiger partial charge in [-0.1, -0.05) is 0 Å². The number of pyridine rings is 1. The quantitative estimate of drug-likeness (QED) is 0.548. The second-order valence-electron chi connectivity index (χ2n) is 8.64. The fourth-order valence-corrected chi connectivity index (χ4v) is 4.22. The number of piperidine rings is 1. The van der Waals surface area contributed by atoms with Crippen molar-refractivity contribution in [2.75, 3.05) is 23.3 Å². The second kappa shape index (κ2) is 7.86. The molecule has 3 aromatic rings. The summed E-state index contributed by atoms with van der Waals surface area (Å²) in [5.41, 5.74) is 1.33. The lowest BCUT2D eigenvalue weighted by atomic mass is 9.86. The molecule has 168 valence electrons. The van der Waals surface area contributed by atoms with Gasteiger partial charge in [-0.25, -0.2) is 27.5 Å². The minimum Gasteiger partial charge on any atom is -0.364 e. The van der Waals surface area contributed by atoms with Crippen LogP contribution >= 0.6 is 0 Å². The third-order valence-corrected chi connectivity index (χ3v) is 6.18. The van der Waals surface area contributed by atoms with Crippen LogP contribution in [0.15, 0.2) is 30.5 Å². The zero-order valence-electron chi connectivity index (χ0n) is 17.6. The Morgan fingerprint density at radius 3 is 2.47 bits per heavy atom. The van der Waals surface area contributed by atoms with Crippen LogP contribution in [-0.4, -0.2) is 34.1 Å². The van der Waals surface area contributed by atoms with Gasteiger partial charge in [0.15, 0.2) is 11.6 Å². The van der Waals surface area contributed by atoms with Crippen molar-refractivity contribution < 1.29 is 17.6 Å². The van der Waals surface area contributed by atoms with Crippen molar-refractivity contribution in [3.05, 3.63) is 53.4 Å². The summed E-state index contributed by atoms with van der Waals surface area (Å²) in [5.74, 6) is -5.24. The molecular formula is C23H23F4N5. The highest BCUT2D eigenvalue weighted by Crippen LogP contribution is 2.43. The Morgan fingerprint density at radius 1 is 1.00 bits per heavy atom. The molecule has 5 rings (SSSR count). The van der Waals surface area contributed by atoms with Gasteiger partial charge in [-0.15, -0.1) is 0 Å². The van der Waals surface area contributed by atoms with Gasteiger partial charge in [-0.3, -0.25) is 4.98 Å². The summed E-state index contributed by atoms with van der Waals surface area (Å²) >= 11 is 0. The number of aromatic nitrogens is 3. The first-order valence-electron chi connectivity index (χ1n) is 10.8. The Bertz CT molecular complexity index is 1160. The standard InChI is InChI=1S/C23H23F4N5/c1-13-10-19-20(12-28-13)31-22(21(30-19)29-16-3-4-16)32-8-6-14(7-9-32)23(26,27)17-11-15(24)2-5-18(17)25/h2,5,10-12,14,16H,3-4,6-9H2,1H3,(H,29,30). The summed E-state index contributed by atoms with van der Waals surface area (Å²) in [4.78, 5) is 15.7. The lowest BCUT2D eigenvalue weighted by molar-refractivity contribution is -0.0763. The number of halogens is 4. The van der Waals surface area contributed by atoms with E-state index in [1.54, 1.807) is 6.20 Å². The maximum Gasteiger partial charge on any atom is 0.279 e. The van der Waals surface area contributed by atoms with Crippen molar-refractivity contribution in [2.24, 2.45) is 5.92 Å². The fraction of sp³-hybridized carbons (Fsp3) is 0.435. The Hall–Kier alpha value is -2.97. The minimum absolute atomic E-state index is 0.123. The molecule has 0 bridgehead atoms. The van der Waals surface area contributed by atoms with E-state index >= 15 is 8.78 Å². The number of fused-ring (bicyclic) bond motifs is 1. The molecule has 1 saturated heterocycles. The summed E-state index contributed by atoms with van der Waals surface area (Å²) in [7, 11) is 0. The average Bonchev–Trinajstić information content (AvgIpc) is 3.59. The minimum atomic E-state index is -3.45. The van der Waals surface area contributed by atoms with Crippen molar-refractivity contribution in [1.82, 2.24) is 15.0 Å². The highest BCUT2D eigenvalue weighted by Gasteiger charge is 2.45. The SMILES string of the molecule is Cc1cc2nc(NC3CC3)c(N3CCC(C(F)(F)c4cc(F)ccc4F)CC3)nc2cn1. The number of anilines is 2. The number of aryl methyl sites for hydroxylation is 1. The molecule has 1 saturated carbocycles. The molecule has 2 fully saturated rings. The third-order valence-electron chi connectivity index (χ3n) is 6.18. The topological polar surface area (TPSA) is 53.9 Å². The molecule has 0 spiro atoms. The van der Waals surface area contributed by atoms with E-state index in [0.717, 1.165) is 36.2 Å². The number of alkyl halides is 2. The van der Waals surface area contributed by atoms with E-state index in [0.29, 0.717) is 42.4 Å². The molecule has 0 amide bonds. The van der Waals surface area contributed by atoms with Gasteiger partial charge in [-0.2, -0.15) is 0 Å². The molecule has 1 N–H and O–H groups in total. The van der Waals surface area contributed by atoms with Crippen LogP contribution in [0.25, 0.3) is 11.0 Å². The molecular weight excluding hydrogens is 422 g/mol. The van der Waals surface area contributed by atoms with Gasteiger partial charge < -0.3 is 10.2 Å². The lowest BCUT2D eigenvalue weighted by Gasteiger charge is -2.37. The Morgan fingerprint density at radius 2 is 1.75 bits per heavy atom. The fourth-order valence-electron chi connectivity index (χ4n) is 4.22. The van der Waals surface area contributed by atoms with Crippen molar-refractivity contribution in [2.45, 2.75) is 44.6 Å². The van der Waals surface area contributed by atoms with Crippen molar-refractivity contribution in [1.29, 1.82) is 0 Å². The zero-order valence-corrected chi connectivity index (χ0v) is 17.6. The van der Waals surface area contributed by atoms with Gasteiger partial charge in [0.25, 0.3) is 5.92 Å². The normalized spacial score (nSPS) is 17.7. The van der Waals surface area contributed by atoms with Gasteiger partial charge in [0.1, 0.15) is 17.2 Å². The summed E-state index contributed by atoms with van der Waals surface area (Å²) < 4.78 is 57.6. The first-order chi connectivity index (χ1) is 15.3. The smallest absolute Gasteiger partial charge is 0.279 e. The van der Waals surface area contributed by atoms with E-state index < -0.39 is 29.0 Å². The van der Waals surface area contributed by atoms with Gasteiger partial charge >= 0.3 is 0 Å². The molecule has 1 aliphatic heterocycles. The van der Waals surface area contributed by atoms with Crippen LogP contribution in [0.2, 0.25) is 0 Å². The highest BCUT2D eigenvalue weighted by atomic mass is 19.3. The van der Waals surface area contributed by atoms with E-state index in [4.69, 9.17) is 9.97 Å². The highest BCUT2D eigenvalue weighted by molar-refractivity contribution is 5.80. The molecule has 32 heavy (non-hydrogen) atoms. The van der Waals surface area contributed by atoms with Crippen LogP contribution in [0.4, 0.5) is 29.2 Å². The Balaban J connectivity index is 1.40. The van der Waals surface area contributed by atoms with Crippen molar-refractivity contribution >= 4 is 22.7 Å². The summed E-state index contributed by atoms with van der Waals surface area (Å²) in [6, 6.07) is 4.42. The van der Waals surface area contributed by atoms with Gasteiger partial charge in [0.05, 0.1) is 17.3 Å². The maximum absolute atomic E-state index is 15.0. The third kappa shape index (κ3) is 3.96. The Labute approximate surface area is 182 Å². The van der Waals surface area contributed by atoms with E-state index in [2.05, 4.69) is 10.3 Å². The molecule has 0 unspecified atom stereocenters. The summed E-state index contributed by atoms with van der Waals surface area (Å²) in [6.07, 6.45) is 4.02. The van der Waals surface area contributed by atoms with Crippen LogP contribution in [0.3, 0.4) is 0 Å². The second-order valence-corrected chi connectivity index (χ2v) is 8.64. The van der Waals surface area contributed by atoms with E-state index in [1.807, 2.05) is 17.9 Å². The van der Waals surface area contributed by atoms with Gasteiger partial charge in [0.2, 0.25) is 0 Å². The van der Waals surface area contributed by atoms with Crippen LogP contribution in [0, 0.1) is 24.5 Å². The van der Waals surface area contributed by atoms with Crippen LogP contribution < -0.4 is 10.2 Å². The maximum atomic E-state index is 15.0. The molecule has 0 atom stereocenters. The molecule has 1 aliphatic carbocycles. The molecule has 3 heterocycles. The predicted octanol–water partition coefficient (Wildman–Crippen LogP) is 5.19. The number of hydrogen-bond acceptors (Lipinski definition) is 5. The van der Waals surface area contributed by atoms with Gasteiger partial charge in [-0.05, 0) is 56.9 Å². The van der Waals surface area contributed by atoms with Crippen LogP contribution in [0.5, 0.6) is 0 Å². The zero-order chi connectivity index (χ0) is 22.5. The predicted molar refractivity (Wildman–Crippen MR) is 114 cm³/mol. The van der Waals surface area contributed by atoms with Crippen LogP contribution in [-0.2, 0) is 5.92 Å². The molecule has 2 aromatic heterocycles. The Kier molecular flexibility index (Phi) is 5.14. The van der Waals surface area contributed by atoms with Crippen molar-refractivity contribution in [3.63, 3.8) is 0 Å². The number of hydrogen-bond donors (Lipinski definition) is 1. The van der Waals surface area contributed by atoms with Crippen LogP contribution in [0.1, 0.15) is 36.9 Å². The average molecular weight is 445 g/mol. The van der Waals surface area contributed by atoms with E-state index in [1.165, 1.54) is 0 Å². The largest absolute Gasteiger partial charge is 0.364 e. The van der Waals surface area contributed by atoms with Crippen molar-refractivity contribution in [3.8, 4) is 0 Å².